The minimum absolute atomic E-state index is 0.0585. The molecule has 17 atom stereocenters. The molecule has 0 aliphatic carbocycles. The van der Waals surface area contributed by atoms with E-state index in [0.29, 0.717) is 17.7 Å². The summed E-state index contributed by atoms with van der Waals surface area (Å²) in [6.07, 6.45) is 3.64. The molecule has 0 amide bonds. The number of nitrogen functional groups attached to an aromatic ring is 1. The van der Waals surface area contributed by atoms with E-state index in [0.717, 1.165) is 0 Å². The third-order valence-electron chi connectivity index (χ3n) is 14.1. The summed E-state index contributed by atoms with van der Waals surface area (Å²) in [7, 11) is 0. The number of ether oxygens (including phenoxy) is 4. The highest BCUT2D eigenvalue weighted by Crippen LogP contribution is 2.38. The molecule has 20 heteroatoms. The zero-order valence-corrected chi connectivity index (χ0v) is 45.3. The molecule has 11 N–H and O–H groups in total. The maximum atomic E-state index is 13.3. The van der Waals surface area contributed by atoms with E-state index in [1.165, 1.54) is 19.1 Å². The molecule has 1 unspecified atom stereocenters. The van der Waals surface area contributed by atoms with E-state index >= 15 is 0 Å². The maximum absolute atomic E-state index is 13.3. The largest absolute Gasteiger partial charge is 0.481 e. The Hall–Kier alpha value is -5.62. The molecule has 79 heavy (non-hydrogen) atoms. The minimum Gasteiger partial charge on any atom is -0.481 e. The van der Waals surface area contributed by atoms with Gasteiger partial charge in [0.05, 0.1) is 48.8 Å². The van der Waals surface area contributed by atoms with Crippen molar-refractivity contribution in [3.8, 4) is 0 Å². The molecule has 2 saturated heterocycles. The van der Waals surface area contributed by atoms with Crippen LogP contribution in [0.4, 0.5) is 5.69 Å². The fraction of sp³-hybridized carbons (Fsp3) is 0.559. The van der Waals surface area contributed by atoms with Crippen LogP contribution in [0.3, 0.4) is 0 Å². The smallest absolute Gasteiger partial charge is 0.313 e. The number of aliphatic carboxylic acids is 1. The molecule has 3 aliphatic heterocycles. The average Bonchev–Trinajstić information content (AvgIpc) is 3.37. The van der Waals surface area contributed by atoms with Gasteiger partial charge in [-0.3, -0.25) is 28.8 Å². The molecule has 1 aromatic carbocycles. The number of carboxylic acids is 1. The number of benzene rings is 1. The summed E-state index contributed by atoms with van der Waals surface area (Å²) >= 11 is 0. The monoisotopic (exact) mass is 1110 g/mol. The molecular formula is C59H81NO19. The third kappa shape index (κ3) is 22.4. The summed E-state index contributed by atoms with van der Waals surface area (Å²) in [6.45, 7) is 6.93. The number of carboxylic acid groups (broad SMARTS) is 1. The zero-order valence-electron chi connectivity index (χ0n) is 45.3. The van der Waals surface area contributed by atoms with E-state index in [4.69, 9.17) is 24.7 Å². The molecule has 3 heterocycles. The van der Waals surface area contributed by atoms with Gasteiger partial charge in [0, 0.05) is 62.1 Å². The molecule has 0 radical (unpaired) electrons. The Labute approximate surface area is 461 Å². The summed E-state index contributed by atoms with van der Waals surface area (Å²) in [4.78, 5) is 77.5. The van der Waals surface area contributed by atoms with E-state index in [1.807, 2.05) is 19.9 Å². The van der Waals surface area contributed by atoms with Crippen molar-refractivity contribution in [3.05, 3.63) is 115 Å². The van der Waals surface area contributed by atoms with E-state index in [1.54, 1.807) is 98.0 Å². The Morgan fingerprint density at radius 1 is 0.759 bits per heavy atom. The molecule has 0 spiro atoms. The maximum Gasteiger partial charge on any atom is 0.313 e. The number of cyclic esters (lactones) is 1. The molecule has 4 rings (SSSR count). The van der Waals surface area contributed by atoms with Crippen LogP contribution in [-0.4, -0.2) is 160 Å². The lowest BCUT2D eigenvalue weighted by Gasteiger charge is -2.44. The van der Waals surface area contributed by atoms with Gasteiger partial charge in [-0.05, 0) is 68.7 Å². The summed E-state index contributed by atoms with van der Waals surface area (Å²) in [6, 6.07) is 6.42. The molecular weight excluding hydrogens is 1030 g/mol. The summed E-state index contributed by atoms with van der Waals surface area (Å²) in [5.74, 6) is -9.52. The number of Topliss-reactive ketones (excluding diaryl/α,β-unsaturated/α-hetero) is 4. The lowest BCUT2D eigenvalue weighted by atomic mass is 9.82. The SMILES string of the molecule is C[C@H](C[C@H](C)[C@@H]1OC(=O)CC(=O)CCCC(=O)C[C@@H](O)C[C@@H](O)C[C@@H](O)C[C@]2(O)C[C@H](O)[C@H](C(=O)O)[C@H](C[C@H](O[C@@H]3O[C@@H](C)[C@@H](O)C(O)C3=O)C=CC=CC=CC=CC=CC=CC=C[C@@H]1C)O2)[C@H](O)CC(=O)c1ccc(N)cc1. The molecule has 2 bridgehead atoms. The van der Waals surface area contributed by atoms with E-state index < -0.39 is 153 Å². The standard InChI is InChI=1S/C59H81NO19/c1-35-18-15-13-11-9-7-5-6-8-10-12-14-16-21-46(77-58-55(72)54(71)53(70)38(4)76-58)31-50-52(57(73)74)49(68)34-59(75,79-50)33-45(65)29-44(64)28-43(63)27-41(61)19-17-20-42(62)30-51(69)78-56(35)37(3)26-36(2)47(66)32-48(67)39-22-24-40(60)25-23-39/h5-16,18,21-25,35-38,43-47,49-50,52-54,56,58,63-66,68,70-71,75H,17,19-20,26-34,60H2,1-4H3,(H,73,74)/t35-,36+,37-,38-,43+,44+,45+,46+,47+,49-,50-,52-,53+,54?,56+,58-,59+/m0/s1. The van der Waals surface area contributed by atoms with Crippen LogP contribution in [0.15, 0.2) is 109 Å². The molecule has 2 fully saturated rings. The van der Waals surface area contributed by atoms with Crippen LogP contribution >= 0.6 is 0 Å². The van der Waals surface area contributed by atoms with Gasteiger partial charge in [-0.15, -0.1) is 0 Å². The molecule has 3 aliphatic rings. The minimum atomic E-state index is -2.36. The first-order chi connectivity index (χ1) is 37.4. The Balaban J connectivity index is 1.54. The number of aliphatic hydroxyl groups is 8. The predicted molar refractivity (Wildman–Crippen MR) is 289 cm³/mol. The van der Waals surface area contributed by atoms with Gasteiger partial charge >= 0.3 is 11.9 Å². The lowest BCUT2D eigenvalue weighted by Crippen LogP contribution is -2.57. The van der Waals surface area contributed by atoms with Crippen LogP contribution in [0.2, 0.25) is 0 Å². The number of allylic oxidation sites excluding steroid dienone is 12. The van der Waals surface area contributed by atoms with Gasteiger partial charge in [0.2, 0.25) is 12.1 Å². The number of ketones is 4. The number of rotatable bonds is 10. The number of anilines is 1. The van der Waals surface area contributed by atoms with E-state index in [2.05, 4.69) is 0 Å². The zero-order chi connectivity index (χ0) is 58.4. The topological polar surface area (TPSA) is 347 Å². The summed E-state index contributed by atoms with van der Waals surface area (Å²) < 4.78 is 23.3. The van der Waals surface area contributed by atoms with Gasteiger partial charge in [-0.2, -0.15) is 0 Å². The number of fused-ring (bicyclic) bond motifs is 2. The van der Waals surface area contributed by atoms with Crippen molar-refractivity contribution < 1.29 is 93.7 Å². The first-order valence-electron chi connectivity index (χ1n) is 26.9. The number of nitrogens with two attached hydrogens (primary N) is 1. The molecule has 436 valence electrons. The van der Waals surface area contributed by atoms with Crippen LogP contribution < -0.4 is 5.73 Å². The molecule has 0 saturated carbocycles. The van der Waals surface area contributed by atoms with E-state index in [-0.39, 0.29) is 55.6 Å². The lowest BCUT2D eigenvalue weighted by molar-refractivity contribution is -0.303. The van der Waals surface area contributed by atoms with Crippen molar-refractivity contribution in [1.29, 1.82) is 0 Å². The molecule has 0 aromatic heterocycles. The van der Waals surface area contributed by atoms with Crippen LogP contribution in [0.25, 0.3) is 0 Å². The van der Waals surface area contributed by atoms with Crippen molar-refractivity contribution in [1.82, 2.24) is 0 Å². The van der Waals surface area contributed by atoms with Crippen LogP contribution in [-0.2, 0) is 42.9 Å². The van der Waals surface area contributed by atoms with Gasteiger partial charge in [0.1, 0.15) is 42.2 Å². The van der Waals surface area contributed by atoms with Gasteiger partial charge in [-0.25, -0.2) is 0 Å². The van der Waals surface area contributed by atoms with Crippen LogP contribution in [0.1, 0.15) is 115 Å². The third-order valence-corrected chi connectivity index (χ3v) is 14.1. The Kier molecular flexibility index (Phi) is 27.2. The number of hydrogen-bond donors (Lipinski definition) is 10. The normalized spacial score (nSPS) is 33.2. The number of hydrogen-bond acceptors (Lipinski definition) is 19. The van der Waals surface area contributed by atoms with Gasteiger partial charge in [0.25, 0.3) is 0 Å². The van der Waals surface area contributed by atoms with Crippen molar-refractivity contribution in [2.75, 3.05) is 5.73 Å². The highest BCUT2D eigenvalue weighted by Gasteiger charge is 2.51. The van der Waals surface area contributed by atoms with Gasteiger partial charge in [-0.1, -0.05) is 106 Å². The van der Waals surface area contributed by atoms with Crippen molar-refractivity contribution in [2.24, 2.45) is 23.7 Å². The number of carbonyl (C=O) groups excluding carboxylic acids is 5. The second kappa shape index (κ2) is 32.6. The summed E-state index contributed by atoms with van der Waals surface area (Å²) in [5.41, 5.74) is 6.68. The Morgan fingerprint density at radius 2 is 1.33 bits per heavy atom. The predicted octanol–water partition coefficient (Wildman–Crippen LogP) is 4.01. The van der Waals surface area contributed by atoms with Gasteiger partial charge < -0.3 is 70.6 Å². The van der Waals surface area contributed by atoms with Crippen molar-refractivity contribution in [2.45, 2.75) is 184 Å². The second-order valence-corrected chi connectivity index (χ2v) is 21.1. The fourth-order valence-electron chi connectivity index (χ4n) is 9.85. The van der Waals surface area contributed by atoms with Crippen LogP contribution in [0, 0.1) is 23.7 Å². The number of esters is 1. The van der Waals surface area contributed by atoms with Crippen LogP contribution in [0.5, 0.6) is 0 Å². The second-order valence-electron chi connectivity index (χ2n) is 21.1. The molecule has 20 nitrogen and oxygen atoms in total. The number of aliphatic hydroxyl groups excluding tert-OH is 7. The van der Waals surface area contributed by atoms with Crippen molar-refractivity contribution in [3.63, 3.8) is 0 Å². The Morgan fingerprint density at radius 3 is 1.94 bits per heavy atom. The van der Waals surface area contributed by atoms with Gasteiger partial charge in [0.15, 0.2) is 11.6 Å². The average molecular weight is 1110 g/mol. The van der Waals surface area contributed by atoms with E-state index in [9.17, 15) is 74.7 Å². The molecule has 1 aromatic rings. The summed E-state index contributed by atoms with van der Waals surface area (Å²) in [5, 5.41) is 96.9. The fourth-order valence-corrected chi connectivity index (χ4v) is 9.85. The first-order valence-corrected chi connectivity index (χ1v) is 26.9. The number of carbonyl (C=O) groups is 6. The van der Waals surface area contributed by atoms with Crippen molar-refractivity contribution >= 4 is 40.8 Å². The highest BCUT2D eigenvalue weighted by atomic mass is 16.7. The Bertz CT molecular complexity index is 2380. The first kappa shape index (κ1) is 65.9. The highest BCUT2D eigenvalue weighted by molar-refractivity contribution is 5.97. The quantitative estimate of drug-likeness (QED) is 0.0685.